The van der Waals surface area contributed by atoms with E-state index in [1.165, 1.54) is 39.0 Å². The fourth-order valence-electron chi connectivity index (χ4n) is 2.70. The topological polar surface area (TPSA) is 67.4 Å². The fourth-order valence-corrected chi connectivity index (χ4v) is 3.82. The van der Waals surface area contributed by atoms with Gasteiger partial charge in [-0.2, -0.15) is 0 Å². The van der Waals surface area contributed by atoms with Crippen molar-refractivity contribution in [2.45, 2.75) is 44.3 Å². The van der Waals surface area contributed by atoms with Crippen LogP contribution in [0.15, 0.2) is 18.2 Å². The van der Waals surface area contributed by atoms with E-state index < -0.39 is 0 Å². The Morgan fingerprint density at radius 1 is 1.22 bits per heavy atom. The Morgan fingerprint density at radius 2 is 1.96 bits per heavy atom. The number of nitrogens with one attached hydrogen (secondary N) is 2. The molecule has 1 aliphatic carbocycles. The van der Waals surface area contributed by atoms with Gasteiger partial charge in [0.2, 0.25) is 11.8 Å². The molecule has 0 bridgehead atoms. The highest BCUT2D eigenvalue weighted by atomic mass is 32.2. The molecule has 5 nitrogen and oxygen atoms in total. The van der Waals surface area contributed by atoms with Gasteiger partial charge in [-0.25, -0.2) is 0 Å². The number of thioether (sulfide) groups is 1. The predicted octanol–water partition coefficient (Wildman–Crippen LogP) is 3.66. The molecule has 1 saturated carbocycles. The lowest BCUT2D eigenvalue weighted by Crippen LogP contribution is -2.18. The maximum absolute atomic E-state index is 12.2. The van der Waals surface area contributed by atoms with Gasteiger partial charge < -0.3 is 15.4 Å². The van der Waals surface area contributed by atoms with Crippen molar-refractivity contribution in [3.63, 3.8) is 0 Å². The maximum Gasteiger partial charge on any atom is 0.234 e. The Morgan fingerprint density at radius 3 is 2.61 bits per heavy atom. The molecule has 0 saturated heterocycles. The third-order valence-corrected chi connectivity index (χ3v) is 5.17. The summed E-state index contributed by atoms with van der Waals surface area (Å²) in [7, 11) is 1.56. The van der Waals surface area contributed by atoms with E-state index in [0.29, 0.717) is 28.1 Å². The van der Waals surface area contributed by atoms with E-state index in [0.717, 1.165) is 0 Å². The summed E-state index contributed by atoms with van der Waals surface area (Å²) < 4.78 is 5.27. The largest absolute Gasteiger partial charge is 0.495 e. The lowest BCUT2D eigenvalue weighted by Gasteiger charge is -2.20. The van der Waals surface area contributed by atoms with Gasteiger partial charge in [-0.3, -0.25) is 9.59 Å². The minimum absolute atomic E-state index is 0.0427. The highest BCUT2D eigenvalue weighted by Crippen LogP contribution is 2.30. The molecule has 2 amide bonds. The predicted molar refractivity (Wildman–Crippen MR) is 95.3 cm³/mol. The summed E-state index contributed by atoms with van der Waals surface area (Å²) in [6.45, 7) is 1.45. The second kappa shape index (κ2) is 8.82. The average molecular weight is 336 g/mol. The first-order chi connectivity index (χ1) is 11.1. The monoisotopic (exact) mass is 336 g/mol. The first kappa shape index (κ1) is 17.7. The highest BCUT2D eigenvalue weighted by molar-refractivity contribution is 8.00. The summed E-state index contributed by atoms with van der Waals surface area (Å²) in [5.74, 6) is 0.826. The van der Waals surface area contributed by atoms with Crippen LogP contribution in [0.1, 0.15) is 39.0 Å². The Balaban J connectivity index is 1.93. The first-order valence-corrected chi connectivity index (χ1v) is 9.00. The Kier molecular flexibility index (Phi) is 6.77. The van der Waals surface area contributed by atoms with Crippen molar-refractivity contribution in [3.8, 4) is 5.75 Å². The average Bonchev–Trinajstić information content (AvgIpc) is 2.54. The smallest absolute Gasteiger partial charge is 0.234 e. The summed E-state index contributed by atoms with van der Waals surface area (Å²) >= 11 is 1.73. The van der Waals surface area contributed by atoms with Crippen LogP contribution >= 0.6 is 11.8 Å². The van der Waals surface area contributed by atoms with Crippen LogP contribution in [0.4, 0.5) is 11.4 Å². The molecule has 0 radical (unpaired) electrons. The molecule has 0 spiro atoms. The molecule has 1 aromatic rings. The number of hydrogen-bond acceptors (Lipinski definition) is 4. The van der Waals surface area contributed by atoms with E-state index in [1.54, 1.807) is 37.1 Å². The fraction of sp³-hybridized carbons (Fsp3) is 0.529. The van der Waals surface area contributed by atoms with Crippen LogP contribution in [-0.2, 0) is 9.59 Å². The molecule has 6 heteroatoms. The van der Waals surface area contributed by atoms with Crippen molar-refractivity contribution in [1.29, 1.82) is 0 Å². The quantitative estimate of drug-likeness (QED) is 0.832. The van der Waals surface area contributed by atoms with Crippen LogP contribution in [0.5, 0.6) is 5.75 Å². The molecule has 126 valence electrons. The van der Waals surface area contributed by atoms with E-state index in [9.17, 15) is 9.59 Å². The van der Waals surface area contributed by atoms with Crippen molar-refractivity contribution in [3.05, 3.63) is 18.2 Å². The van der Waals surface area contributed by atoms with Gasteiger partial charge >= 0.3 is 0 Å². The number of carbonyl (C=O) groups excluding carboxylic acids is 2. The summed E-state index contributed by atoms with van der Waals surface area (Å²) in [6.07, 6.45) is 6.27. The zero-order valence-corrected chi connectivity index (χ0v) is 14.5. The van der Waals surface area contributed by atoms with Crippen molar-refractivity contribution >= 4 is 35.0 Å². The van der Waals surface area contributed by atoms with E-state index in [-0.39, 0.29) is 11.8 Å². The van der Waals surface area contributed by atoms with Crippen LogP contribution in [0, 0.1) is 0 Å². The molecule has 1 aromatic carbocycles. The minimum Gasteiger partial charge on any atom is -0.495 e. The number of methoxy groups -OCH3 is 1. The van der Waals surface area contributed by atoms with E-state index >= 15 is 0 Å². The van der Waals surface area contributed by atoms with Crippen molar-refractivity contribution < 1.29 is 14.3 Å². The maximum atomic E-state index is 12.2. The number of benzene rings is 1. The number of rotatable bonds is 6. The molecular weight excluding hydrogens is 312 g/mol. The van der Waals surface area contributed by atoms with Crippen LogP contribution < -0.4 is 15.4 Å². The third kappa shape index (κ3) is 5.78. The number of anilines is 2. The Hall–Kier alpha value is -1.69. The minimum atomic E-state index is -0.153. The van der Waals surface area contributed by atoms with Crippen molar-refractivity contribution in [2.24, 2.45) is 0 Å². The summed E-state index contributed by atoms with van der Waals surface area (Å²) in [5, 5.41) is 6.18. The number of hydrogen-bond donors (Lipinski definition) is 2. The second-order valence-corrected chi connectivity index (χ2v) is 7.00. The number of ether oxygens (including phenoxy) is 1. The highest BCUT2D eigenvalue weighted by Gasteiger charge is 2.16. The van der Waals surface area contributed by atoms with Crippen molar-refractivity contribution in [2.75, 3.05) is 23.5 Å². The Labute approximate surface area is 141 Å². The molecule has 0 aromatic heterocycles. The molecule has 1 aliphatic rings. The zero-order chi connectivity index (χ0) is 16.7. The molecule has 2 N–H and O–H groups in total. The molecule has 1 fully saturated rings. The lowest BCUT2D eigenvalue weighted by molar-refractivity contribution is -0.114. The second-order valence-electron chi connectivity index (χ2n) is 5.72. The number of carbonyl (C=O) groups is 2. The zero-order valence-electron chi connectivity index (χ0n) is 13.7. The lowest BCUT2D eigenvalue weighted by atomic mass is 10.0. The molecule has 0 unspecified atom stereocenters. The Bertz CT molecular complexity index is 557. The van der Waals surface area contributed by atoms with Gasteiger partial charge in [-0.15, -0.1) is 11.8 Å². The first-order valence-electron chi connectivity index (χ1n) is 7.95. The molecule has 0 aliphatic heterocycles. The van der Waals surface area contributed by atoms with Crippen LogP contribution in [0.3, 0.4) is 0 Å². The summed E-state index contributed by atoms with van der Waals surface area (Å²) in [6, 6.07) is 5.19. The van der Waals surface area contributed by atoms with E-state index in [1.807, 2.05) is 0 Å². The van der Waals surface area contributed by atoms with E-state index in [4.69, 9.17) is 4.74 Å². The standard InChI is InChI=1S/C17H24N2O3S/c1-12(20)18-13-8-9-16(22-2)15(10-13)19-17(21)11-23-14-6-4-3-5-7-14/h8-10,14H,3-7,11H2,1-2H3,(H,18,20)(H,19,21). The number of amides is 2. The summed E-state index contributed by atoms with van der Waals surface area (Å²) in [4.78, 5) is 23.3. The van der Waals surface area contributed by atoms with Gasteiger partial charge in [0, 0.05) is 17.9 Å². The van der Waals surface area contributed by atoms with Gasteiger partial charge in [0.15, 0.2) is 0 Å². The van der Waals surface area contributed by atoms with Crippen molar-refractivity contribution in [1.82, 2.24) is 0 Å². The van der Waals surface area contributed by atoms with Crippen LogP contribution in [0.2, 0.25) is 0 Å². The van der Waals surface area contributed by atoms with Gasteiger partial charge in [0.1, 0.15) is 5.75 Å². The van der Waals surface area contributed by atoms with Gasteiger partial charge in [0.25, 0.3) is 0 Å². The van der Waals surface area contributed by atoms with Gasteiger partial charge in [0.05, 0.1) is 18.6 Å². The van der Waals surface area contributed by atoms with Crippen LogP contribution in [0.25, 0.3) is 0 Å². The normalized spacial score (nSPS) is 15.0. The molecule has 2 rings (SSSR count). The van der Waals surface area contributed by atoms with Gasteiger partial charge in [-0.05, 0) is 31.0 Å². The molecule has 0 atom stereocenters. The third-order valence-electron chi connectivity index (χ3n) is 3.80. The molecular formula is C17H24N2O3S. The van der Waals surface area contributed by atoms with Crippen LogP contribution in [-0.4, -0.2) is 29.9 Å². The van der Waals surface area contributed by atoms with E-state index in [2.05, 4.69) is 10.6 Å². The van der Waals surface area contributed by atoms with Gasteiger partial charge in [-0.1, -0.05) is 19.3 Å². The SMILES string of the molecule is COc1ccc(NC(C)=O)cc1NC(=O)CSC1CCCCC1. The summed E-state index contributed by atoms with van der Waals surface area (Å²) in [5.41, 5.74) is 1.21. The molecule has 0 heterocycles. The molecule has 23 heavy (non-hydrogen) atoms.